The van der Waals surface area contributed by atoms with Crippen LogP contribution in [0, 0.1) is 16.7 Å². The third-order valence-corrected chi connectivity index (χ3v) is 7.90. The number of hydrogen-bond acceptors (Lipinski definition) is 9. The van der Waals surface area contributed by atoms with Gasteiger partial charge in [0.05, 0.1) is 13.2 Å². The maximum Gasteiger partial charge on any atom is 0.505 e. The van der Waals surface area contributed by atoms with Crippen molar-refractivity contribution in [1.82, 2.24) is 4.90 Å². The summed E-state index contributed by atoms with van der Waals surface area (Å²) in [4.78, 5) is 32.9. The SMILES string of the molecule is CCCCCC(CC)N=O.CN(C)CCOC(=O)O.COC(=O)COc1cccc2c1CC1CCC(C)C1(N)C2. The lowest BCUT2D eigenvalue weighted by Crippen LogP contribution is -2.53. The van der Waals surface area contributed by atoms with Gasteiger partial charge in [-0.05, 0) is 81.6 Å². The number of hydrogen-bond donors (Lipinski definition) is 2. The Morgan fingerprint density at radius 2 is 1.95 bits per heavy atom. The Labute approximate surface area is 239 Å². The molecule has 40 heavy (non-hydrogen) atoms. The Hall–Kier alpha value is -2.72. The predicted octanol–water partition coefficient (Wildman–Crippen LogP) is 5.43. The van der Waals surface area contributed by atoms with Gasteiger partial charge in [0.25, 0.3) is 0 Å². The highest BCUT2D eigenvalue weighted by Crippen LogP contribution is 2.47. The molecule has 10 nitrogen and oxygen atoms in total. The van der Waals surface area contributed by atoms with Crippen LogP contribution in [-0.4, -0.2) is 74.7 Å². The molecule has 4 unspecified atom stereocenters. The number of ether oxygens (including phenoxy) is 3. The zero-order chi connectivity index (χ0) is 30.1. The van der Waals surface area contributed by atoms with E-state index in [9.17, 15) is 14.5 Å². The Kier molecular flexibility index (Phi) is 16.4. The number of fused-ring (bicyclic) bond motifs is 2. The topological polar surface area (TPSA) is 141 Å². The molecule has 0 radical (unpaired) electrons. The second kappa shape index (κ2) is 18.6. The summed E-state index contributed by atoms with van der Waals surface area (Å²) in [5.74, 6) is 1.53. The number of unbranched alkanes of at least 4 members (excludes halogenated alkanes) is 2. The van der Waals surface area contributed by atoms with E-state index in [0.717, 1.165) is 37.9 Å². The summed E-state index contributed by atoms with van der Waals surface area (Å²) in [7, 11) is 5.07. The van der Waals surface area contributed by atoms with E-state index < -0.39 is 6.16 Å². The Morgan fingerprint density at radius 3 is 2.52 bits per heavy atom. The lowest BCUT2D eigenvalue weighted by atomic mass is 9.69. The van der Waals surface area contributed by atoms with Crippen molar-refractivity contribution in [1.29, 1.82) is 0 Å². The van der Waals surface area contributed by atoms with Crippen LogP contribution in [0.5, 0.6) is 5.75 Å². The van der Waals surface area contributed by atoms with Crippen LogP contribution < -0.4 is 10.5 Å². The van der Waals surface area contributed by atoms with Crippen LogP contribution >= 0.6 is 0 Å². The minimum atomic E-state index is -1.21. The van der Waals surface area contributed by atoms with E-state index in [1.807, 2.05) is 38.1 Å². The minimum Gasteiger partial charge on any atom is -0.482 e. The summed E-state index contributed by atoms with van der Waals surface area (Å²) in [5.41, 5.74) is 9.12. The van der Waals surface area contributed by atoms with E-state index in [0.29, 0.717) is 18.4 Å². The molecule has 228 valence electrons. The maximum absolute atomic E-state index is 11.3. The first-order chi connectivity index (χ1) is 19.0. The van der Waals surface area contributed by atoms with E-state index >= 15 is 0 Å². The van der Waals surface area contributed by atoms with Crippen LogP contribution in [0.15, 0.2) is 23.4 Å². The van der Waals surface area contributed by atoms with Gasteiger partial charge in [-0.15, -0.1) is 0 Å². The average Bonchev–Trinajstić information content (AvgIpc) is 3.21. The van der Waals surface area contributed by atoms with Crippen LogP contribution in [0.3, 0.4) is 0 Å². The van der Waals surface area contributed by atoms with Crippen LogP contribution in [0.1, 0.15) is 76.8 Å². The smallest absolute Gasteiger partial charge is 0.482 e. The molecule has 2 aliphatic carbocycles. The molecule has 0 spiro atoms. The third kappa shape index (κ3) is 11.8. The maximum atomic E-state index is 11.3. The number of carbonyl (C=O) groups is 2. The molecule has 0 heterocycles. The molecule has 0 aliphatic heterocycles. The van der Waals surface area contributed by atoms with Crippen molar-refractivity contribution in [3.63, 3.8) is 0 Å². The van der Waals surface area contributed by atoms with Crippen molar-refractivity contribution in [2.24, 2.45) is 22.7 Å². The fourth-order valence-electron chi connectivity index (χ4n) is 5.19. The lowest BCUT2D eigenvalue weighted by Gasteiger charge is -2.40. The lowest BCUT2D eigenvalue weighted by molar-refractivity contribution is -0.142. The van der Waals surface area contributed by atoms with Crippen molar-refractivity contribution in [2.75, 3.05) is 41.0 Å². The number of rotatable bonds is 12. The molecule has 0 saturated heterocycles. The molecule has 3 N–H and O–H groups in total. The molecule has 1 fully saturated rings. The standard InChI is InChI=1S/C17H23NO3.C8H17NO.C5H11NO3/c1-11-6-7-13-8-14-12(9-17(11,13)18)4-3-5-15(14)21-10-16(19)20-2;1-3-5-6-7-8(4-2)9-10;1-6(2)3-4-9-5(7)8/h3-5,11,13H,6-10,18H2,1-2H3;8H,3-7H2,1-2H3;3-4H2,1-2H3,(H,7,8). The fourth-order valence-corrected chi connectivity index (χ4v) is 5.19. The molecule has 3 rings (SSSR count). The van der Waals surface area contributed by atoms with Gasteiger partial charge in [-0.1, -0.05) is 57.3 Å². The molecule has 4 atom stereocenters. The molecule has 1 aromatic rings. The Bertz CT molecular complexity index is 911. The van der Waals surface area contributed by atoms with Gasteiger partial charge in [-0.2, -0.15) is 4.91 Å². The second-order valence-corrected chi connectivity index (χ2v) is 11.0. The summed E-state index contributed by atoms with van der Waals surface area (Å²) < 4.78 is 14.5. The monoisotopic (exact) mass is 565 g/mol. The number of nitrogens with zero attached hydrogens (tertiary/aromatic N) is 2. The number of carbonyl (C=O) groups excluding carboxylic acids is 1. The Morgan fingerprint density at radius 1 is 1.23 bits per heavy atom. The second-order valence-electron chi connectivity index (χ2n) is 11.0. The van der Waals surface area contributed by atoms with Gasteiger partial charge in [0.15, 0.2) is 6.61 Å². The molecule has 10 heteroatoms. The highest BCUT2D eigenvalue weighted by atomic mass is 16.7. The van der Waals surface area contributed by atoms with Gasteiger partial charge in [0, 0.05) is 12.1 Å². The first-order valence-electron chi connectivity index (χ1n) is 14.4. The summed E-state index contributed by atoms with van der Waals surface area (Å²) in [6, 6.07) is 6.13. The third-order valence-electron chi connectivity index (χ3n) is 7.90. The fraction of sp³-hybridized carbons (Fsp3) is 0.733. The molecular weight excluding hydrogens is 514 g/mol. The number of likely N-dealkylation sites (N-methyl/N-ethyl adjacent to an activating group) is 1. The predicted molar refractivity (Wildman–Crippen MR) is 157 cm³/mol. The summed E-state index contributed by atoms with van der Waals surface area (Å²) in [5, 5.41) is 11.0. The van der Waals surface area contributed by atoms with E-state index in [2.05, 4.69) is 34.6 Å². The summed E-state index contributed by atoms with van der Waals surface area (Å²) in [6.45, 7) is 7.27. The number of esters is 1. The van der Waals surface area contributed by atoms with Crippen molar-refractivity contribution < 1.29 is 28.9 Å². The van der Waals surface area contributed by atoms with Crippen LogP contribution in [0.4, 0.5) is 4.79 Å². The van der Waals surface area contributed by atoms with Crippen LogP contribution in [-0.2, 0) is 27.1 Å². The van der Waals surface area contributed by atoms with Gasteiger partial charge < -0.3 is 30.0 Å². The zero-order valence-corrected chi connectivity index (χ0v) is 25.3. The molecule has 1 saturated carbocycles. The first-order valence-corrected chi connectivity index (χ1v) is 14.4. The van der Waals surface area contributed by atoms with E-state index in [1.165, 1.54) is 43.9 Å². The van der Waals surface area contributed by atoms with Gasteiger partial charge in [-0.25, -0.2) is 9.59 Å². The Balaban J connectivity index is 0.000000354. The summed E-state index contributed by atoms with van der Waals surface area (Å²) in [6.07, 6.45) is 8.51. The highest BCUT2D eigenvalue weighted by Gasteiger charge is 2.48. The normalized spacial score (nSPS) is 21.4. The molecule has 2 aliphatic rings. The van der Waals surface area contributed by atoms with Crippen molar-refractivity contribution in [2.45, 2.75) is 90.1 Å². The van der Waals surface area contributed by atoms with Crippen molar-refractivity contribution >= 4 is 12.1 Å². The van der Waals surface area contributed by atoms with Crippen LogP contribution in [0.25, 0.3) is 0 Å². The number of methoxy groups -OCH3 is 1. The van der Waals surface area contributed by atoms with E-state index in [1.54, 1.807) is 0 Å². The average molecular weight is 566 g/mol. The number of nitrogens with two attached hydrogens (primary N) is 1. The summed E-state index contributed by atoms with van der Waals surface area (Å²) >= 11 is 0. The van der Waals surface area contributed by atoms with Gasteiger partial charge in [0.1, 0.15) is 12.4 Å². The van der Waals surface area contributed by atoms with E-state index in [4.69, 9.17) is 15.6 Å². The van der Waals surface area contributed by atoms with Gasteiger partial charge in [0.2, 0.25) is 0 Å². The molecule has 0 bridgehead atoms. The van der Waals surface area contributed by atoms with Gasteiger partial charge in [-0.3, -0.25) is 0 Å². The van der Waals surface area contributed by atoms with E-state index in [-0.39, 0.29) is 30.8 Å². The minimum absolute atomic E-state index is 0.0399. The quantitative estimate of drug-likeness (QED) is 0.193. The van der Waals surface area contributed by atoms with Crippen molar-refractivity contribution in [3.8, 4) is 5.75 Å². The molecular formula is C30H51N3O7. The van der Waals surface area contributed by atoms with Crippen LogP contribution in [0.2, 0.25) is 0 Å². The number of nitroso groups, excluding NO2 is 1. The molecule has 1 aromatic carbocycles. The molecule has 0 aromatic heterocycles. The highest BCUT2D eigenvalue weighted by molar-refractivity contribution is 5.71. The zero-order valence-electron chi connectivity index (χ0n) is 25.3. The largest absolute Gasteiger partial charge is 0.505 e. The molecule has 0 amide bonds. The van der Waals surface area contributed by atoms with Gasteiger partial charge >= 0.3 is 12.1 Å². The first kappa shape index (κ1) is 35.3. The van der Waals surface area contributed by atoms with Crippen molar-refractivity contribution in [3.05, 3.63) is 34.2 Å². The number of carboxylic acid groups (broad SMARTS) is 1. The number of benzene rings is 1.